The Morgan fingerprint density at radius 2 is 1.54 bits per heavy atom. The van der Waals surface area contributed by atoms with E-state index in [1.807, 2.05) is 0 Å². The van der Waals surface area contributed by atoms with Gasteiger partial charge in [0.15, 0.2) is 6.10 Å². The Kier molecular flexibility index (Phi) is 6.44. The molecule has 134 valence electrons. The highest BCUT2D eigenvalue weighted by Crippen LogP contribution is 2.14. The van der Waals surface area contributed by atoms with Crippen molar-refractivity contribution in [2.45, 2.75) is 65.1 Å². The van der Waals surface area contributed by atoms with Crippen molar-refractivity contribution in [3.05, 3.63) is 0 Å². The van der Waals surface area contributed by atoms with Crippen LogP contribution in [0.1, 0.15) is 53.4 Å². The van der Waals surface area contributed by atoms with Crippen molar-refractivity contribution in [1.82, 2.24) is 5.06 Å². The van der Waals surface area contributed by atoms with E-state index in [0.717, 1.165) is 0 Å². The summed E-state index contributed by atoms with van der Waals surface area (Å²) in [5, 5.41) is 0.368. The molecule has 1 rings (SSSR count). The van der Waals surface area contributed by atoms with E-state index in [1.165, 1.54) is 6.92 Å². The number of hydroxylamine groups is 2. The van der Waals surface area contributed by atoms with Gasteiger partial charge in [-0.2, -0.15) is 0 Å². The summed E-state index contributed by atoms with van der Waals surface area (Å²) >= 11 is 0. The van der Waals surface area contributed by atoms with Gasteiger partial charge in [-0.3, -0.25) is 19.2 Å². The van der Waals surface area contributed by atoms with Crippen LogP contribution in [-0.4, -0.2) is 46.5 Å². The van der Waals surface area contributed by atoms with E-state index in [0.29, 0.717) is 5.06 Å². The van der Waals surface area contributed by atoms with Crippen molar-refractivity contribution in [3.63, 3.8) is 0 Å². The molecule has 0 N–H and O–H groups in total. The molecular weight excluding hydrogens is 322 g/mol. The maximum absolute atomic E-state index is 11.7. The van der Waals surface area contributed by atoms with Gasteiger partial charge < -0.3 is 14.3 Å². The van der Waals surface area contributed by atoms with Crippen molar-refractivity contribution in [3.8, 4) is 0 Å². The average molecular weight is 343 g/mol. The van der Waals surface area contributed by atoms with Gasteiger partial charge in [0.25, 0.3) is 11.8 Å². The lowest BCUT2D eigenvalue weighted by molar-refractivity contribution is -0.205. The van der Waals surface area contributed by atoms with Crippen LogP contribution in [-0.2, 0) is 38.3 Å². The second-order valence-electron chi connectivity index (χ2n) is 6.21. The fourth-order valence-electron chi connectivity index (χ4n) is 1.72. The summed E-state index contributed by atoms with van der Waals surface area (Å²) in [4.78, 5) is 62.1. The number of nitrogens with zero attached hydrogens (tertiary/aromatic N) is 1. The summed E-state index contributed by atoms with van der Waals surface area (Å²) in [6, 6.07) is 0. The third-order valence-electron chi connectivity index (χ3n) is 2.78. The van der Waals surface area contributed by atoms with Crippen LogP contribution >= 0.6 is 0 Å². The maximum atomic E-state index is 11.7. The van der Waals surface area contributed by atoms with Crippen LogP contribution in [0, 0.1) is 0 Å². The lowest BCUT2D eigenvalue weighted by Crippen LogP contribution is -2.37. The Morgan fingerprint density at radius 3 is 2.04 bits per heavy atom. The Morgan fingerprint density at radius 1 is 1.04 bits per heavy atom. The molecule has 0 bridgehead atoms. The highest BCUT2D eigenvalue weighted by Gasteiger charge is 2.34. The number of carbonyl (C=O) groups is 5. The van der Waals surface area contributed by atoms with Gasteiger partial charge in [0.05, 0.1) is 12.8 Å². The van der Waals surface area contributed by atoms with E-state index in [9.17, 15) is 24.0 Å². The standard InChI is InChI=1S/C15H21NO8/c1-9(14(21)24-16-10(17)5-6-11(16)18)22-12(19)7-8-13(20)23-15(2,3)4/h9H,5-8H2,1-4H3/t9-/m0/s1. The number of rotatable bonds is 6. The average Bonchev–Trinajstić information content (AvgIpc) is 2.75. The number of hydrogen-bond acceptors (Lipinski definition) is 8. The molecule has 24 heavy (non-hydrogen) atoms. The number of amides is 2. The molecule has 0 aliphatic carbocycles. The minimum atomic E-state index is -1.32. The smallest absolute Gasteiger partial charge is 0.373 e. The molecule has 0 unspecified atom stereocenters. The maximum Gasteiger partial charge on any atom is 0.373 e. The molecular formula is C15H21NO8. The topological polar surface area (TPSA) is 116 Å². The van der Waals surface area contributed by atoms with E-state index in [1.54, 1.807) is 20.8 Å². The molecule has 9 heteroatoms. The van der Waals surface area contributed by atoms with Crippen molar-refractivity contribution in [2.75, 3.05) is 0 Å². The van der Waals surface area contributed by atoms with Gasteiger partial charge in [-0.1, -0.05) is 0 Å². The molecule has 2 amide bonds. The second kappa shape index (κ2) is 7.89. The number of carbonyl (C=O) groups excluding carboxylic acids is 5. The molecule has 1 aliphatic rings. The molecule has 1 fully saturated rings. The van der Waals surface area contributed by atoms with Crippen LogP contribution in [0.2, 0.25) is 0 Å². The number of hydrogen-bond donors (Lipinski definition) is 0. The molecule has 0 spiro atoms. The third-order valence-corrected chi connectivity index (χ3v) is 2.78. The zero-order chi connectivity index (χ0) is 18.5. The van der Waals surface area contributed by atoms with E-state index in [2.05, 4.69) is 4.84 Å². The Bertz CT molecular complexity index is 532. The monoisotopic (exact) mass is 343 g/mol. The van der Waals surface area contributed by atoms with Gasteiger partial charge in [0.1, 0.15) is 5.60 Å². The molecule has 1 atom stereocenters. The van der Waals surface area contributed by atoms with Crippen LogP contribution < -0.4 is 0 Å². The van der Waals surface area contributed by atoms with Crippen LogP contribution in [0.4, 0.5) is 0 Å². The first kappa shape index (κ1) is 19.6. The van der Waals surface area contributed by atoms with Gasteiger partial charge in [0.2, 0.25) is 0 Å². The zero-order valence-corrected chi connectivity index (χ0v) is 14.1. The van der Waals surface area contributed by atoms with Gasteiger partial charge in [-0.25, -0.2) is 4.79 Å². The van der Waals surface area contributed by atoms with Gasteiger partial charge >= 0.3 is 17.9 Å². The highest BCUT2D eigenvalue weighted by molar-refractivity contribution is 6.01. The minimum absolute atomic E-state index is 0.0316. The molecule has 1 aliphatic heterocycles. The van der Waals surface area contributed by atoms with E-state index >= 15 is 0 Å². The summed E-state index contributed by atoms with van der Waals surface area (Å²) in [6.45, 7) is 6.32. The first-order chi connectivity index (χ1) is 11.0. The molecule has 9 nitrogen and oxygen atoms in total. The van der Waals surface area contributed by atoms with Gasteiger partial charge in [0, 0.05) is 12.8 Å². The zero-order valence-electron chi connectivity index (χ0n) is 14.1. The van der Waals surface area contributed by atoms with Gasteiger partial charge in [-0.15, -0.1) is 5.06 Å². The van der Waals surface area contributed by atoms with Crippen molar-refractivity contribution in [1.29, 1.82) is 0 Å². The molecule has 1 heterocycles. The molecule has 0 aromatic rings. The fourth-order valence-corrected chi connectivity index (χ4v) is 1.72. The molecule has 0 aromatic carbocycles. The number of esters is 2. The van der Waals surface area contributed by atoms with Crippen molar-refractivity contribution >= 4 is 29.7 Å². The first-order valence-electron chi connectivity index (χ1n) is 7.48. The SMILES string of the molecule is C[C@H](OC(=O)CCC(=O)OC(C)(C)C)C(=O)ON1C(=O)CCC1=O. The van der Waals surface area contributed by atoms with E-state index < -0.39 is 41.4 Å². The number of imide groups is 1. The number of ether oxygens (including phenoxy) is 2. The van der Waals surface area contributed by atoms with Crippen LogP contribution in [0.15, 0.2) is 0 Å². The lowest BCUT2D eigenvalue weighted by atomic mass is 10.2. The van der Waals surface area contributed by atoms with E-state index in [-0.39, 0.29) is 25.7 Å². The molecule has 0 aromatic heterocycles. The van der Waals surface area contributed by atoms with Crippen molar-refractivity contribution < 1.29 is 38.3 Å². The largest absolute Gasteiger partial charge is 0.460 e. The summed E-state index contributed by atoms with van der Waals surface area (Å²) in [5.74, 6) is -3.68. The first-order valence-corrected chi connectivity index (χ1v) is 7.48. The third kappa shape index (κ3) is 6.35. The highest BCUT2D eigenvalue weighted by atomic mass is 16.7. The summed E-state index contributed by atoms with van der Waals surface area (Å²) < 4.78 is 9.84. The van der Waals surface area contributed by atoms with Gasteiger partial charge in [-0.05, 0) is 27.7 Å². The fraction of sp³-hybridized carbons (Fsp3) is 0.667. The Labute approximate surface area is 139 Å². The Hall–Kier alpha value is -2.45. The molecule has 0 saturated carbocycles. The van der Waals surface area contributed by atoms with Crippen LogP contribution in [0.5, 0.6) is 0 Å². The predicted octanol–water partition coefficient (Wildman–Crippen LogP) is 0.647. The minimum Gasteiger partial charge on any atom is -0.460 e. The molecule has 0 radical (unpaired) electrons. The van der Waals surface area contributed by atoms with Crippen LogP contribution in [0.25, 0.3) is 0 Å². The van der Waals surface area contributed by atoms with Crippen molar-refractivity contribution in [2.24, 2.45) is 0 Å². The Balaban J connectivity index is 2.38. The second-order valence-corrected chi connectivity index (χ2v) is 6.21. The summed E-state index contributed by atoms with van der Waals surface area (Å²) in [7, 11) is 0. The lowest BCUT2D eigenvalue weighted by Gasteiger charge is -2.19. The van der Waals surface area contributed by atoms with E-state index in [4.69, 9.17) is 9.47 Å². The summed E-state index contributed by atoms with van der Waals surface area (Å²) in [6.07, 6.45) is -1.85. The summed E-state index contributed by atoms with van der Waals surface area (Å²) in [5.41, 5.74) is -0.660. The normalized spacial score (nSPS) is 15.9. The van der Waals surface area contributed by atoms with Crippen LogP contribution in [0.3, 0.4) is 0 Å². The predicted molar refractivity (Wildman–Crippen MR) is 77.8 cm³/mol. The quantitative estimate of drug-likeness (QED) is 0.510. The molecule has 1 saturated heterocycles.